The summed E-state index contributed by atoms with van der Waals surface area (Å²) < 4.78 is 0. The number of carboxylic acids is 1. The Morgan fingerprint density at radius 3 is 2.46 bits per heavy atom. The molecule has 0 radical (unpaired) electrons. The van der Waals surface area contributed by atoms with Crippen LogP contribution in [-0.2, 0) is 16.9 Å². The molecule has 7 nitrogen and oxygen atoms in total. The van der Waals surface area contributed by atoms with Crippen LogP contribution in [0.25, 0.3) is 0 Å². The number of carboxylic acid groups (broad SMARTS) is 1. The van der Waals surface area contributed by atoms with E-state index in [0.29, 0.717) is 16.7 Å². The van der Waals surface area contributed by atoms with E-state index in [1.165, 1.54) is 35.2 Å². The molecule has 1 amide bonds. The zero-order valence-electron chi connectivity index (χ0n) is 13.8. The fraction of sp³-hybridized carbons (Fsp3) is 0.158. The second-order valence-corrected chi connectivity index (χ2v) is 6.02. The van der Waals surface area contributed by atoms with Crippen molar-refractivity contribution in [2.75, 3.05) is 0 Å². The Balaban J connectivity index is 2.06. The third-order valence-electron chi connectivity index (χ3n) is 4.59. The van der Waals surface area contributed by atoms with Gasteiger partial charge in [-0.2, -0.15) is 0 Å². The van der Waals surface area contributed by atoms with E-state index in [1.807, 2.05) is 0 Å². The number of fused-ring (bicyclic) bond motifs is 1. The Labute approximate surface area is 149 Å². The average molecular weight is 352 g/mol. The minimum atomic E-state index is -1.54. The van der Waals surface area contributed by atoms with Crippen molar-refractivity contribution >= 4 is 17.6 Å². The molecule has 0 saturated carbocycles. The van der Waals surface area contributed by atoms with E-state index >= 15 is 0 Å². The van der Waals surface area contributed by atoms with Crippen LogP contribution in [0.3, 0.4) is 0 Å². The number of hydrogen-bond donors (Lipinski definition) is 1. The summed E-state index contributed by atoms with van der Waals surface area (Å²) >= 11 is 0. The van der Waals surface area contributed by atoms with Crippen LogP contribution in [0.4, 0.5) is 5.69 Å². The standard InChI is InChI=1S/C19H16N2O5/c1-2-11-19(18(23)24)16-6-4-3-5-15(16)17(22)20(19)12-13-7-9-14(10-8-13)21(25)26/h2-10H,1,11-12H2,(H,23,24). The summed E-state index contributed by atoms with van der Waals surface area (Å²) in [4.78, 5) is 36.7. The van der Waals surface area contributed by atoms with Gasteiger partial charge in [-0.05, 0) is 11.6 Å². The molecule has 2 aromatic carbocycles. The predicted molar refractivity (Wildman–Crippen MR) is 93.5 cm³/mol. The van der Waals surface area contributed by atoms with Gasteiger partial charge in [0.1, 0.15) is 0 Å². The smallest absolute Gasteiger partial charge is 0.334 e. The van der Waals surface area contributed by atoms with E-state index in [1.54, 1.807) is 24.3 Å². The van der Waals surface area contributed by atoms with Gasteiger partial charge < -0.3 is 10.0 Å². The molecule has 0 aromatic heterocycles. The molecule has 0 saturated heterocycles. The first-order chi connectivity index (χ1) is 12.4. The van der Waals surface area contributed by atoms with Gasteiger partial charge >= 0.3 is 5.97 Å². The van der Waals surface area contributed by atoms with E-state index < -0.39 is 16.4 Å². The second kappa shape index (κ2) is 6.44. The number of nitro benzene ring substituents is 1. The maximum absolute atomic E-state index is 12.9. The van der Waals surface area contributed by atoms with Gasteiger partial charge in [-0.15, -0.1) is 6.58 Å². The Kier molecular flexibility index (Phi) is 4.29. The summed E-state index contributed by atoms with van der Waals surface area (Å²) in [6.45, 7) is 3.67. The highest BCUT2D eigenvalue weighted by Gasteiger charge is 2.54. The zero-order valence-corrected chi connectivity index (χ0v) is 13.8. The number of non-ortho nitro benzene ring substituents is 1. The Bertz CT molecular complexity index is 906. The molecular formula is C19H16N2O5. The summed E-state index contributed by atoms with van der Waals surface area (Å²) in [5, 5.41) is 20.8. The maximum atomic E-state index is 12.9. The first-order valence-electron chi connectivity index (χ1n) is 7.91. The molecule has 0 fully saturated rings. The van der Waals surface area contributed by atoms with Crippen LogP contribution in [-0.4, -0.2) is 26.8 Å². The number of rotatable bonds is 6. The van der Waals surface area contributed by atoms with Crippen molar-refractivity contribution in [3.63, 3.8) is 0 Å². The van der Waals surface area contributed by atoms with Crippen LogP contribution >= 0.6 is 0 Å². The van der Waals surface area contributed by atoms with Crippen molar-refractivity contribution in [3.05, 3.63) is 88.0 Å². The molecule has 2 aromatic rings. The number of benzene rings is 2. The van der Waals surface area contributed by atoms with Crippen LogP contribution in [0.1, 0.15) is 27.9 Å². The number of hydrogen-bond acceptors (Lipinski definition) is 4. The molecular weight excluding hydrogens is 336 g/mol. The molecule has 0 bridgehead atoms. The van der Waals surface area contributed by atoms with E-state index in [9.17, 15) is 24.8 Å². The van der Waals surface area contributed by atoms with Gasteiger partial charge in [0.2, 0.25) is 0 Å². The third-order valence-corrected chi connectivity index (χ3v) is 4.59. The van der Waals surface area contributed by atoms with Crippen LogP contribution in [0.5, 0.6) is 0 Å². The zero-order chi connectivity index (χ0) is 18.9. The monoisotopic (exact) mass is 352 g/mol. The Hall–Kier alpha value is -3.48. The SMILES string of the molecule is C=CCC1(C(=O)O)c2ccccc2C(=O)N1Cc1ccc([N+](=O)[O-])cc1. The molecule has 0 aliphatic carbocycles. The lowest BCUT2D eigenvalue weighted by Gasteiger charge is -2.35. The van der Waals surface area contributed by atoms with Crippen LogP contribution in [0.15, 0.2) is 61.2 Å². The van der Waals surface area contributed by atoms with Gasteiger partial charge in [0.25, 0.3) is 11.6 Å². The van der Waals surface area contributed by atoms with E-state index in [4.69, 9.17) is 0 Å². The summed E-state index contributed by atoms with van der Waals surface area (Å²) in [6.07, 6.45) is 1.53. The van der Waals surface area contributed by atoms with Crippen LogP contribution < -0.4 is 0 Å². The van der Waals surface area contributed by atoms with Gasteiger partial charge in [-0.3, -0.25) is 14.9 Å². The van der Waals surface area contributed by atoms with Crippen molar-refractivity contribution in [2.45, 2.75) is 18.5 Å². The first kappa shape index (κ1) is 17.3. The molecule has 132 valence electrons. The summed E-state index contributed by atoms with van der Waals surface area (Å²) in [5.74, 6) is -1.53. The minimum Gasteiger partial charge on any atom is -0.479 e. The molecule has 7 heteroatoms. The van der Waals surface area contributed by atoms with Crippen molar-refractivity contribution in [1.29, 1.82) is 0 Å². The average Bonchev–Trinajstić information content (AvgIpc) is 2.86. The molecule has 1 aliphatic heterocycles. The lowest BCUT2D eigenvalue weighted by atomic mass is 9.86. The normalized spacial score (nSPS) is 18.5. The third kappa shape index (κ3) is 2.54. The molecule has 1 unspecified atom stereocenters. The highest BCUT2D eigenvalue weighted by atomic mass is 16.6. The van der Waals surface area contributed by atoms with Gasteiger partial charge in [0, 0.05) is 36.2 Å². The molecule has 1 N–H and O–H groups in total. The first-order valence-corrected chi connectivity index (χ1v) is 7.91. The van der Waals surface area contributed by atoms with Crippen molar-refractivity contribution in [3.8, 4) is 0 Å². The molecule has 0 spiro atoms. The fourth-order valence-corrected chi connectivity index (χ4v) is 3.35. The van der Waals surface area contributed by atoms with E-state index in [-0.39, 0.29) is 24.6 Å². The van der Waals surface area contributed by atoms with Gasteiger partial charge in [0.05, 0.1) is 4.92 Å². The topological polar surface area (TPSA) is 101 Å². The van der Waals surface area contributed by atoms with E-state index in [0.717, 1.165) is 0 Å². The summed E-state index contributed by atoms with van der Waals surface area (Å²) in [5.41, 5.74) is -0.234. The molecule has 3 rings (SSSR count). The number of carbonyl (C=O) groups is 2. The predicted octanol–water partition coefficient (Wildman–Crippen LogP) is 3.11. The summed E-state index contributed by atoms with van der Waals surface area (Å²) in [6, 6.07) is 12.3. The van der Waals surface area contributed by atoms with Gasteiger partial charge in [-0.1, -0.05) is 36.4 Å². The number of aliphatic carboxylic acids is 1. The van der Waals surface area contributed by atoms with Crippen molar-refractivity contribution < 1.29 is 19.6 Å². The van der Waals surface area contributed by atoms with Crippen molar-refractivity contribution in [2.24, 2.45) is 0 Å². The number of nitrogens with zero attached hydrogens (tertiary/aromatic N) is 2. The Morgan fingerprint density at radius 1 is 1.23 bits per heavy atom. The molecule has 1 aliphatic rings. The van der Waals surface area contributed by atoms with Gasteiger partial charge in [0.15, 0.2) is 5.54 Å². The molecule has 1 heterocycles. The quantitative estimate of drug-likeness (QED) is 0.489. The second-order valence-electron chi connectivity index (χ2n) is 6.02. The number of nitro groups is 1. The van der Waals surface area contributed by atoms with E-state index in [2.05, 4.69) is 6.58 Å². The lowest BCUT2D eigenvalue weighted by molar-refractivity contribution is -0.384. The minimum absolute atomic E-state index is 0.0195. The highest BCUT2D eigenvalue weighted by molar-refractivity contribution is 6.05. The molecule has 1 atom stereocenters. The largest absolute Gasteiger partial charge is 0.479 e. The van der Waals surface area contributed by atoms with Gasteiger partial charge in [-0.25, -0.2) is 4.79 Å². The molecule has 26 heavy (non-hydrogen) atoms. The maximum Gasteiger partial charge on any atom is 0.334 e. The summed E-state index contributed by atoms with van der Waals surface area (Å²) in [7, 11) is 0. The highest BCUT2D eigenvalue weighted by Crippen LogP contribution is 2.43. The fourth-order valence-electron chi connectivity index (χ4n) is 3.35. The lowest BCUT2D eigenvalue weighted by Crippen LogP contribution is -2.49. The van der Waals surface area contributed by atoms with Crippen LogP contribution in [0, 0.1) is 10.1 Å². The van der Waals surface area contributed by atoms with Crippen LogP contribution in [0.2, 0.25) is 0 Å². The number of carbonyl (C=O) groups excluding carboxylic acids is 1. The number of amides is 1. The van der Waals surface area contributed by atoms with Crippen molar-refractivity contribution in [1.82, 2.24) is 4.90 Å². The Morgan fingerprint density at radius 2 is 1.88 bits per heavy atom.